The van der Waals surface area contributed by atoms with Gasteiger partial charge in [0.25, 0.3) is 0 Å². The highest BCUT2D eigenvalue weighted by molar-refractivity contribution is 5.81. The van der Waals surface area contributed by atoms with Crippen molar-refractivity contribution < 1.29 is 9.62 Å². The number of hydrogen-bond donors (Lipinski definition) is 2. The second-order valence-electron chi connectivity index (χ2n) is 2.73. The fraction of sp³-hybridized carbons (Fsp3) is 0.375. The molecule has 0 radical (unpaired) electrons. The maximum Gasteiger partial charge on any atom is 0.146 e. The minimum atomic E-state index is 0.160. The van der Waals surface area contributed by atoms with Gasteiger partial charge in [-0.25, -0.2) is 0 Å². The summed E-state index contributed by atoms with van der Waals surface area (Å²) in [6.45, 7) is 3.79. The van der Waals surface area contributed by atoms with E-state index in [4.69, 9.17) is 15.4 Å². The van der Waals surface area contributed by atoms with Crippen LogP contribution in [0.15, 0.2) is 15.6 Å². The Balaban J connectivity index is 2.82. The Bertz CT molecular complexity index is 302. The Labute approximate surface area is 70.7 Å². The second kappa shape index (κ2) is 3.30. The summed E-state index contributed by atoms with van der Waals surface area (Å²) in [5.74, 6) is 1.75. The van der Waals surface area contributed by atoms with E-state index in [0.717, 1.165) is 17.1 Å². The normalized spacial score (nSPS) is 12.0. The molecule has 0 fully saturated rings. The van der Waals surface area contributed by atoms with Gasteiger partial charge in [-0.15, -0.1) is 0 Å². The number of furan rings is 1. The van der Waals surface area contributed by atoms with E-state index in [9.17, 15) is 0 Å². The van der Waals surface area contributed by atoms with Crippen molar-refractivity contribution in [1.82, 2.24) is 0 Å². The zero-order valence-electron chi connectivity index (χ0n) is 7.16. The molecule has 0 amide bonds. The van der Waals surface area contributed by atoms with Crippen LogP contribution < -0.4 is 5.73 Å². The van der Waals surface area contributed by atoms with E-state index in [1.165, 1.54) is 0 Å². The molecule has 0 saturated carbocycles. The molecule has 0 aliphatic rings. The fourth-order valence-electron chi connectivity index (χ4n) is 1.07. The number of nitrogens with two attached hydrogens (primary N) is 1. The summed E-state index contributed by atoms with van der Waals surface area (Å²) in [5.41, 5.74) is 6.35. The van der Waals surface area contributed by atoms with E-state index in [1.807, 2.05) is 19.9 Å². The zero-order valence-corrected chi connectivity index (χ0v) is 7.16. The molecule has 0 aliphatic heterocycles. The molecule has 0 aliphatic carbocycles. The van der Waals surface area contributed by atoms with E-state index in [1.54, 1.807) is 0 Å². The van der Waals surface area contributed by atoms with E-state index >= 15 is 0 Å². The van der Waals surface area contributed by atoms with Gasteiger partial charge in [-0.05, 0) is 25.5 Å². The zero-order chi connectivity index (χ0) is 9.14. The molecule has 1 aromatic heterocycles. The van der Waals surface area contributed by atoms with Gasteiger partial charge in [0, 0.05) is 0 Å². The Kier molecular flexibility index (Phi) is 2.38. The Morgan fingerprint density at radius 1 is 1.67 bits per heavy atom. The molecule has 0 saturated heterocycles. The molecule has 0 aromatic carbocycles. The number of rotatable bonds is 2. The van der Waals surface area contributed by atoms with Gasteiger partial charge >= 0.3 is 0 Å². The van der Waals surface area contributed by atoms with Crippen LogP contribution >= 0.6 is 0 Å². The number of nitrogens with zero attached hydrogens (tertiary/aromatic N) is 1. The summed E-state index contributed by atoms with van der Waals surface area (Å²) in [5, 5.41) is 11.2. The van der Waals surface area contributed by atoms with Crippen molar-refractivity contribution in [3.8, 4) is 0 Å². The molecule has 1 rings (SSSR count). The first-order valence-corrected chi connectivity index (χ1v) is 3.65. The van der Waals surface area contributed by atoms with E-state index in [0.29, 0.717) is 6.42 Å². The molecular weight excluding hydrogens is 156 g/mol. The topological polar surface area (TPSA) is 71.8 Å². The Morgan fingerprint density at radius 3 is 2.75 bits per heavy atom. The predicted molar refractivity (Wildman–Crippen MR) is 45.3 cm³/mol. The third kappa shape index (κ3) is 1.78. The van der Waals surface area contributed by atoms with Gasteiger partial charge in [0.1, 0.15) is 17.4 Å². The molecule has 12 heavy (non-hydrogen) atoms. The second-order valence-corrected chi connectivity index (χ2v) is 2.73. The number of aryl methyl sites for hydroxylation is 2. The molecule has 4 heteroatoms. The largest absolute Gasteiger partial charge is 0.466 e. The minimum Gasteiger partial charge on any atom is -0.466 e. The number of amidine groups is 1. The van der Waals surface area contributed by atoms with Gasteiger partial charge < -0.3 is 15.4 Å². The molecule has 4 nitrogen and oxygen atoms in total. The molecule has 0 atom stereocenters. The smallest absolute Gasteiger partial charge is 0.146 e. The maximum atomic E-state index is 8.32. The van der Waals surface area contributed by atoms with Crippen LogP contribution in [0.2, 0.25) is 0 Å². The highest BCUT2D eigenvalue weighted by atomic mass is 16.4. The first kappa shape index (κ1) is 8.64. The number of oxime groups is 1. The van der Waals surface area contributed by atoms with Crippen LogP contribution in [0.25, 0.3) is 0 Å². The summed E-state index contributed by atoms with van der Waals surface area (Å²) in [6.07, 6.45) is 0.357. The molecule has 1 heterocycles. The highest BCUT2D eigenvalue weighted by Gasteiger charge is 2.06. The molecule has 1 aromatic rings. The van der Waals surface area contributed by atoms with Crippen molar-refractivity contribution in [2.45, 2.75) is 20.3 Å². The van der Waals surface area contributed by atoms with Crippen LogP contribution in [-0.4, -0.2) is 11.0 Å². The lowest BCUT2D eigenvalue weighted by atomic mass is 10.2. The van der Waals surface area contributed by atoms with Crippen LogP contribution in [0.4, 0.5) is 0 Å². The molecular formula is C8H12N2O2. The SMILES string of the molecule is Cc1cc(C)c(C/C(N)=N/O)o1. The van der Waals surface area contributed by atoms with Crippen molar-refractivity contribution in [3.05, 3.63) is 23.2 Å². The summed E-state index contributed by atoms with van der Waals surface area (Å²) in [7, 11) is 0. The number of hydrogen-bond acceptors (Lipinski definition) is 3. The molecule has 0 spiro atoms. The van der Waals surface area contributed by atoms with Crippen molar-refractivity contribution >= 4 is 5.84 Å². The van der Waals surface area contributed by atoms with Gasteiger partial charge in [-0.3, -0.25) is 0 Å². The minimum absolute atomic E-state index is 0.160. The van der Waals surface area contributed by atoms with Crippen molar-refractivity contribution in [2.75, 3.05) is 0 Å². The van der Waals surface area contributed by atoms with Gasteiger partial charge in [-0.1, -0.05) is 5.16 Å². The molecule has 66 valence electrons. The van der Waals surface area contributed by atoms with Gasteiger partial charge in [-0.2, -0.15) is 0 Å². The Hall–Kier alpha value is -1.45. The third-order valence-corrected chi connectivity index (χ3v) is 1.61. The average molecular weight is 168 g/mol. The Morgan fingerprint density at radius 2 is 2.33 bits per heavy atom. The van der Waals surface area contributed by atoms with Crippen LogP contribution in [0, 0.1) is 13.8 Å². The van der Waals surface area contributed by atoms with Crippen molar-refractivity contribution in [3.63, 3.8) is 0 Å². The quantitative estimate of drug-likeness (QED) is 0.301. The lowest BCUT2D eigenvalue weighted by molar-refractivity contribution is 0.316. The molecule has 0 bridgehead atoms. The van der Waals surface area contributed by atoms with Crippen LogP contribution in [-0.2, 0) is 6.42 Å². The monoisotopic (exact) mass is 168 g/mol. The van der Waals surface area contributed by atoms with Crippen LogP contribution in [0.5, 0.6) is 0 Å². The highest BCUT2D eigenvalue weighted by Crippen LogP contribution is 2.13. The van der Waals surface area contributed by atoms with Crippen LogP contribution in [0.3, 0.4) is 0 Å². The van der Waals surface area contributed by atoms with E-state index in [2.05, 4.69) is 5.16 Å². The lowest BCUT2D eigenvalue weighted by Crippen LogP contribution is -2.14. The molecule has 3 N–H and O–H groups in total. The lowest BCUT2D eigenvalue weighted by Gasteiger charge is -1.95. The first-order chi connectivity index (χ1) is 5.63. The van der Waals surface area contributed by atoms with Crippen molar-refractivity contribution in [2.24, 2.45) is 10.9 Å². The third-order valence-electron chi connectivity index (χ3n) is 1.61. The predicted octanol–water partition coefficient (Wildman–Crippen LogP) is 1.19. The van der Waals surface area contributed by atoms with Crippen LogP contribution in [0.1, 0.15) is 17.1 Å². The van der Waals surface area contributed by atoms with Gasteiger partial charge in [0.05, 0.1) is 6.42 Å². The summed E-state index contributed by atoms with van der Waals surface area (Å²) in [6, 6.07) is 1.92. The fourth-order valence-corrected chi connectivity index (χ4v) is 1.07. The molecule has 0 unspecified atom stereocenters. The summed E-state index contributed by atoms with van der Waals surface area (Å²) in [4.78, 5) is 0. The average Bonchev–Trinajstić information content (AvgIpc) is 2.30. The maximum absolute atomic E-state index is 8.32. The van der Waals surface area contributed by atoms with E-state index < -0.39 is 0 Å². The first-order valence-electron chi connectivity index (χ1n) is 3.65. The summed E-state index contributed by atoms with van der Waals surface area (Å²) >= 11 is 0. The van der Waals surface area contributed by atoms with E-state index in [-0.39, 0.29) is 5.84 Å². The summed E-state index contributed by atoms with van der Waals surface area (Å²) < 4.78 is 5.31. The van der Waals surface area contributed by atoms with Crippen molar-refractivity contribution in [1.29, 1.82) is 0 Å². The standard InChI is InChI=1S/C8H12N2O2/c1-5-3-6(2)12-7(5)4-8(9)10-11/h3,11H,4H2,1-2H3,(H2,9,10). The van der Waals surface area contributed by atoms with Gasteiger partial charge in [0.15, 0.2) is 0 Å². The van der Waals surface area contributed by atoms with Gasteiger partial charge in [0.2, 0.25) is 0 Å².